The molecule has 0 aliphatic heterocycles. The first-order chi connectivity index (χ1) is 16.7. The molecule has 11 heteroatoms. The fourth-order valence-electron chi connectivity index (χ4n) is 3.55. The number of aryl methyl sites for hydroxylation is 1. The first kappa shape index (κ1) is 25.8. The van der Waals surface area contributed by atoms with Crippen LogP contribution in [0.3, 0.4) is 0 Å². The van der Waals surface area contributed by atoms with Crippen LogP contribution in [0, 0.1) is 5.82 Å². The zero-order chi connectivity index (χ0) is 25.4. The first-order valence-corrected chi connectivity index (χ1v) is 11.3. The number of nitrogens with one attached hydrogen (secondary N) is 2. The molecule has 0 atom stereocenters. The molecule has 0 radical (unpaired) electrons. The maximum Gasteiger partial charge on any atom is 0.319 e. The van der Waals surface area contributed by atoms with E-state index < -0.39 is 0 Å². The van der Waals surface area contributed by atoms with Crippen LogP contribution in [0.25, 0.3) is 11.4 Å². The van der Waals surface area contributed by atoms with Gasteiger partial charge in [-0.3, -0.25) is 4.79 Å². The lowest BCUT2D eigenvalue weighted by atomic mass is 10.1. The smallest absolute Gasteiger partial charge is 0.319 e. The van der Waals surface area contributed by atoms with Crippen molar-refractivity contribution in [2.24, 2.45) is 7.05 Å². The van der Waals surface area contributed by atoms with Crippen LogP contribution in [-0.2, 0) is 13.6 Å². The van der Waals surface area contributed by atoms with Crippen LogP contribution >= 0.6 is 0 Å². The maximum absolute atomic E-state index is 13.0. The lowest BCUT2D eigenvalue weighted by molar-refractivity contribution is 0.0827. The lowest BCUT2D eigenvalue weighted by Crippen LogP contribution is -2.30. The minimum absolute atomic E-state index is 0.199. The number of carbonyl (C=O) groups excluding carboxylic acids is 2. The Morgan fingerprint density at radius 3 is 2.46 bits per heavy atom. The molecule has 186 valence electrons. The topological polar surface area (TPSA) is 108 Å². The predicted molar refractivity (Wildman–Crippen MR) is 131 cm³/mol. The second-order valence-corrected chi connectivity index (χ2v) is 8.58. The number of hydrogen-bond donors (Lipinski definition) is 2. The zero-order valence-electron chi connectivity index (χ0n) is 20.5. The third kappa shape index (κ3) is 7.57. The number of tetrazole rings is 1. The van der Waals surface area contributed by atoms with Gasteiger partial charge in [-0.05, 0) is 72.8 Å². The second-order valence-electron chi connectivity index (χ2n) is 8.58. The normalized spacial score (nSPS) is 10.9. The monoisotopic (exact) mass is 482 g/mol. The van der Waals surface area contributed by atoms with Crippen LogP contribution in [0.4, 0.5) is 14.9 Å². The second kappa shape index (κ2) is 12.0. The van der Waals surface area contributed by atoms with Gasteiger partial charge in [-0.25, -0.2) is 13.9 Å². The summed E-state index contributed by atoms with van der Waals surface area (Å²) >= 11 is 0. The molecule has 1 heterocycles. The van der Waals surface area contributed by atoms with Crippen molar-refractivity contribution in [2.45, 2.75) is 19.4 Å². The Morgan fingerprint density at radius 1 is 1.06 bits per heavy atom. The quantitative estimate of drug-likeness (QED) is 0.430. The van der Waals surface area contributed by atoms with Gasteiger partial charge in [0.25, 0.3) is 5.91 Å². The molecule has 0 spiro atoms. The highest BCUT2D eigenvalue weighted by Crippen LogP contribution is 2.23. The van der Waals surface area contributed by atoms with Crippen LogP contribution in [-0.4, -0.2) is 76.2 Å². The van der Waals surface area contributed by atoms with Gasteiger partial charge in [-0.2, -0.15) is 0 Å². The highest BCUT2D eigenvalue weighted by molar-refractivity contribution is 5.98. The molecule has 0 aliphatic carbocycles. The molecule has 10 nitrogen and oxygen atoms in total. The number of benzene rings is 2. The van der Waals surface area contributed by atoms with Gasteiger partial charge >= 0.3 is 6.03 Å². The van der Waals surface area contributed by atoms with E-state index in [2.05, 4.69) is 31.1 Å². The van der Waals surface area contributed by atoms with E-state index in [1.165, 1.54) is 21.7 Å². The number of anilines is 1. The van der Waals surface area contributed by atoms with E-state index in [0.717, 1.165) is 31.5 Å². The number of amides is 3. The molecular formula is C24H31FN8O2. The van der Waals surface area contributed by atoms with Gasteiger partial charge < -0.3 is 20.4 Å². The van der Waals surface area contributed by atoms with E-state index in [-0.39, 0.29) is 17.8 Å². The van der Waals surface area contributed by atoms with Gasteiger partial charge in [0.2, 0.25) is 0 Å². The highest BCUT2D eigenvalue weighted by atomic mass is 19.1. The van der Waals surface area contributed by atoms with Crippen LogP contribution < -0.4 is 10.6 Å². The number of carbonyl (C=O) groups is 2. The molecule has 2 N–H and O–H groups in total. The zero-order valence-corrected chi connectivity index (χ0v) is 20.5. The van der Waals surface area contributed by atoms with E-state index in [4.69, 9.17) is 0 Å². The molecule has 0 saturated heterocycles. The van der Waals surface area contributed by atoms with Crippen molar-refractivity contribution in [1.82, 2.24) is 35.3 Å². The van der Waals surface area contributed by atoms with Crippen molar-refractivity contribution in [1.29, 1.82) is 0 Å². The molecule has 2 aromatic carbocycles. The average molecular weight is 483 g/mol. The van der Waals surface area contributed by atoms with Gasteiger partial charge in [0.1, 0.15) is 5.82 Å². The van der Waals surface area contributed by atoms with Crippen molar-refractivity contribution in [3.8, 4) is 11.4 Å². The molecule has 1 aromatic heterocycles. The summed E-state index contributed by atoms with van der Waals surface area (Å²) in [5, 5.41) is 17.1. The average Bonchev–Trinajstić information content (AvgIpc) is 3.25. The summed E-state index contributed by atoms with van der Waals surface area (Å²) in [6.45, 7) is 2.09. The van der Waals surface area contributed by atoms with E-state index in [9.17, 15) is 14.0 Å². The number of halogens is 1. The van der Waals surface area contributed by atoms with Gasteiger partial charge in [-0.1, -0.05) is 12.1 Å². The minimum atomic E-state index is -0.360. The van der Waals surface area contributed by atoms with Gasteiger partial charge in [0.05, 0.1) is 0 Å². The van der Waals surface area contributed by atoms with Gasteiger partial charge in [0.15, 0.2) is 5.82 Å². The van der Waals surface area contributed by atoms with Crippen LogP contribution in [0.5, 0.6) is 0 Å². The van der Waals surface area contributed by atoms with Gasteiger partial charge in [0, 0.05) is 51.0 Å². The summed E-state index contributed by atoms with van der Waals surface area (Å²) in [5.41, 5.74) is 2.55. The standard InChI is InChI=1S/C24H31FN8O2/c1-31(2)23(34)19-13-18(22-28-29-30-33(22)4)14-21(15-19)27-24(35)26-11-5-6-12-32(3)16-17-7-9-20(25)10-8-17/h7-10,13-15H,5-6,11-12,16H2,1-4H3,(H2,26,27,35). The predicted octanol–water partition coefficient (Wildman–Crippen LogP) is 2.75. The molecule has 0 bridgehead atoms. The number of unbranched alkanes of at least 4 members (excludes halogenated alkanes) is 1. The largest absolute Gasteiger partial charge is 0.345 e. The van der Waals surface area contributed by atoms with Crippen molar-refractivity contribution in [2.75, 3.05) is 39.5 Å². The third-order valence-electron chi connectivity index (χ3n) is 5.34. The Hall–Kier alpha value is -3.86. The molecule has 0 fully saturated rings. The summed E-state index contributed by atoms with van der Waals surface area (Å²) in [5.74, 6) is 0.0421. The Morgan fingerprint density at radius 2 is 1.80 bits per heavy atom. The number of rotatable bonds is 10. The lowest BCUT2D eigenvalue weighted by Gasteiger charge is -2.17. The molecule has 0 aliphatic rings. The molecular weight excluding hydrogens is 451 g/mol. The van der Waals surface area contributed by atoms with E-state index >= 15 is 0 Å². The van der Waals surface area contributed by atoms with Gasteiger partial charge in [-0.15, -0.1) is 5.10 Å². The fraction of sp³-hybridized carbons (Fsp3) is 0.375. The molecule has 3 amide bonds. The van der Waals surface area contributed by atoms with Crippen LogP contribution in [0.15, 0.2) is 42.5 Å². The van der Waals surface area contributed by atoms with Crippen LogP contribution in [0.2, 0.25) is 0 Å². The molecule has 35 heavy (non-hydrogen) atoms. The van der Waals surface area contributed by atoms with E-state index in [1.807, 2.05) is 7.05 Å². The summed E-state index contributed by atoms with van der Waals surface area (Å²) < 4.78 is 14.5. The van der Waals surface area contributed by atoms with Crippen molar-refractivity contribution in [3.05, 3.63) is 59.4 Å². The summed E-state index contributed by atoms with van der Waals surface area (Å²) in [4.78, 5) is 28.6. The summed E-state index contributed by atoms with van der Waals surface area (Å²) in [6.07, 6.45) is 1.70. The Kier molecular flexibility index (Phi) is 8.85. The SMILES string of the molecule is CN(CCCCNC(=O)Nc1cc(C(=O)N(C)C)cc(-c2nnnn2C)c1)Cc1ccc(F)cc1. The minimum Gasteiger partial charge on any atom is -0.345 e. The Balaban J connectivity index is 1.50. The highest BCUT2D eigenvalue weighted by Gasteiger charge is 2.15. The number of nitrogens with zero attached hydrogens (tertiary/aromatic N) is 6. The number of hydrogen-bond acceptors (Lipinski definition) is 6. The fourth-order valence-corrected chi connectivity index (χ4v) is 3.55. The van der Waals surface area contributed by atoms with E-state index in [1.54, 1.807) is 51.5 Å². The first-order valence-electron chi connectivity index (χ1n) is 11.3. The Bertz CT molecular complexity index is 1150. The Labute approximate surface area is 204 Å². The van der Waals surface area contributed by atoms with Crippen molar-refractivity contribution in [3.63, 3.8) is 0 Å². The third-order valence-corrected chi connectivity index (χ3v) is 5.34. The molecule has 3 aromatic rings. The summed E-state index contributed by atoms with van der Waals surface area (Å²) in [7, 11) is 7.04. The molecule has 0 unspecified atom stereocenters. The molecule has 0 saturated carbocycles. The maximum atomic E-state index is 13.0. The van der Waals surface area contributed by atoms with Crippen molar-refractivity contribution < 1.29 is 14.0 Å². The number of aromatic nitrogens is 4. The van der Waals surface area contributed by atoms with E-state index in [0.29, 0.717) is 29.2 Å². The summed E-state index contributed by atoms with van der Waals surface area (Å²) in [6, 6.07) is 11.2. The van der Waals surface area contributed by atoms with Crippen LogP contribution in [0.1, 0.15) is 28.8 Å². The van der Waals surface area contributed by atoms with Crippen molar-refractivity contribution >= 4 is 17.6 Å². The molecule has 3 rings (SSSR count). The number of urea groups is 1.